The van der Waals surface area contributed by atoms with Gasteiger partial charge in [-0.05, 0) is 17.7 Å². The molecule has 1 atom stereocenters. The predicted molar refractivity (Wildman–Crippen MR) is 64.5 cm³/mol. The molecule has 1 aliphatic heterocycles. The van der Waals surface area contributed by atoms with E-state index in [0.717, 1.165) is 0 Å². The maximum atomic E-state index is 11.3. The van der Waals surface area contributed by atoms with E-state index in [0.29, 0.717) is 17.1 Å². The number of methoxy groups -OCH3 is 2. The van der Waals surface area contributed by atoms with E-state index in [1.54, 1.807) is 18.2 Å². The maximum absolute atomic E-state index is 11.3. The van der Waals surface area contributed by atoms with Crippen LogP contribution in [0.5, 0.6) is 11.5 Å². The summed E-state index contributed by atoms with van der Waals surface area (Å²) in [5, 5.41) is 0. The van der Waals surface area contributed by atoms with Crippen LogP contribution in [-0.2, 0) is 10.2 Å². The van der Waals surface area contributed by atoms with Gasteiger partial charge >= 0.3 is 10.2 Å². The summed E-state index contributed by atoms with van der Waals surface area (Å²) in [7, 11) is -0.531. The van der Waals surface area contributed by atoms with E-state index < -0.39 is 16.3 Å². The van der Waals surface area contributed by atoms with Gasteiger partial charge in [-0.2, -0.15) is 17.5 Å². The van der Waals surface area contributed by atoms with Crippen molar-refractivity contribution in [3.8, 4) is 11.5 Å². The lowest BCUT2D eigenvalue weighted by molar-refractivity contribution is -0.265. The summed E-state index contributed by atoms with van der Waals surface area (Å²) >= 11 is 0. The predicted octanol–water partition coefficient (Wildman–Crippen LogP) is -1.97. The van der Waals surface area contributed by atoms with Crippen LogP contribution >= 0.6 is 0 Å². The van der Waals surface area contributed by atoms with E-state index in [1.165, 1.54) is 14.2 Å². The minimum atomic E-state index is -3.56. The zero-order valence-corrected chi connectivity index (χ0v) is 10.7. The molecule has 0 fully saturated rings. The molecule has 0 aliphatic carbocycles. The maximum Gasteiger partial charge on any atom is 0.371 e. The second-order valence-corrected chi connectivity index (χ2v) is 5.17. The molecule has 18 heavy (non-hydrogen) atoms. The molecule has 1 aromatic carbocycles. The Morgan fingerprint density at radius 3 is 2.44 bits per heavy atom. The van der Waals surface area contributed by atoms with Crippen molar-refractivity contribution in [2.45, 2.75) is 6.04 Å². The van der Waals surface area contributed by atoms with Gasteiger partial charge in [0.15, 0.2) is 17.5 Å². The normalized spacial score (nSPS) is 21.4. The molecular formula is C10H14N3O4S+. The number of rotatable bonds is 3. The summed E-state index contributed by atoms with van der Waals surface area (Å²) in [5.74, 6) is 1.20. The Balaban J connectivity index is 2.39. The minimum Gasteiger partial charge on any atom is -0.493 e. The summed E-state index contributed by atoms with van der Waals surface area (Å²) in [6.07, 6.45) is 0. The van der Waals surface area contributed by atoms with Crippen LogP contribution in [0.1, 0.15) is 11.6 Å². The molecule has 8 heteroatoms. The Labute approximate surface area is 105 Å². The molecule has 7 nitrogen and oxygen atoms in total. The third kappa shape index (κ3) is 2.24. The number of hydrogen-bond acceptors (Lipinski definition) is 5. The molecule has 98 valence electrons. The van der Waals surface area contributed by atoms with Crippen LogP contribution in [0, 0.1) is 0 Å². The molecule has 1 aromatic rings. The lowest BCUT2D eigenvalue weighted by atomic mass is 10.1. The van der Waals surface area contributed by atoms with Gasteiger partial charge in [-0.3, -0.25) is 5.73 Å². The van der Waals surface area contributed by atoms with Gasteiger partial charge in [0.25, 0.3) is 5.84 Å². The fraction of sp³-hybridized carbons (Fsp3) is 0.300. The highest BCUT2D eigenvalue weighted by Gasteiger charge is 2.35. The van der Waals surface area contributed by atoms with Crippen LogP contribution in [0.4, 0.5) is 0 Å². The second-order valence-electron chi connectivity index (χ2n) is 3.73. The van der Waals surface area contributed by atoms with Crippen molar-refractivity contribution in [3.63, 3.8) is 0 Å². The van der Waals surface area contributed by atoms with Crippen molar-refractivity contribution < 1.29 is 22.3 Å². The first-order valence-corrected chi connectivity index (χ1v) is 6.59. The number of ether oxygens (including phenoxy) is 2. The van der Waals surface area contributed by atoms with Crippen LogP contribution in [0.2, 0.25) is 0 Å². The summed E-state index contributed by atoms with van der Waals surface area (Å²) in [6, 6.07) is 4.46. The van der Waals surface area contributed by atoms with E-state index >= 15 is 0 Å². The fourth-order valence-corrected chi connectivity index (χ4v) is 2.80. The van der Waals surface area contributed by atoms with E-state index in [4.69, 9.17) is 15.2 Å². The van der Waals surface area contributed by atoms with Gasteiger partial charge in [-0.25, -0.2) is 0 Å². The van der Waals surface area contributed by atoms with E-state index in [-0.39, 0.29) is 5.84 Å². The Hall–Kier alpha value is -1.80. The molecular weight excluding hydrogens is 258 g/mol. The van der Waals surface area contributed by atoms with Crippen LogP contribution in [0.15, 0.2) is 18.2 Å². The van der Waals surface area contributed by atoms with Crippen LogP contribution < -0.4 is 24.3 Å². The summed E-state index contributed by atoms with van der Waals surface area (Å²) in [5.41, 5.74) is 6.31. The number of nitrogens with two attached hydrogens (primary N) is 1. The van der Waals surface area contributed by atoms with Crippen LogP contribution in [0.25, 0.3) is 0 Å². The average molecular weight is 272 g/mol. The van der Waals surface area contributed by atoms with Crippen molar-refractivity contribution in [2.75, 3.05) is 14.2 Å². The lowest BCUT2D eigenvalue weighted by Gasteiger charge is -2.11. The van der Waals surface area contributed by atoms with E-state index in [1.807, 2.05) is 0 Å². The monoisotopic (exact) mass is 272 g/mol. The van der Waals surface area contributed by atoms with Gasteiger partial charge in [0, 0.05) is 0 Å². The van der Waals surface area contributed by atoms with Gasteiger partial charge in [0.05, 0.1) is 14.2 Å². The average Bonchev–Trinajstić information content (AvgIpc) is 2.62. The molecule has 0 radical (unpaired) electrons. The topological polar surface area (TPSA) is 105 Å². The summed E-state index contributed by atoms with van der Waals surface area (Å²) < 4.78 is 37.5. The van der Waals surface area contributed by atoms with E-state index in [9.17, 15) is 8.42 Å². The van der Waals surface area contributed by atoms with Crippen molar-refractivity contribution in [3.05, 3.63) is 23.8 Å². The molecule has 0 amide bonds. The number of benzene rings is 1. The van der Waals surface area contributed by atoms with Gasteiger partial charge in [0.2, 0.25) is 0 Å². The number of nitrogens with one attached hydrogen (secondary N) is 2. The van der Waals surface area contributed by atoms with Crippen molar-refractivity contribution in [1.29, 1.82) is 0 Å². The molecule has 0 saturated carbocycles. The Bertz CT molecular complexity index is 597. The Morgan fingerprint density at radius 2 is 1.94 bits per heavy atom. The van der Waals surface area contributed by atoms with Crippen LogP contribution in [-0.4, -0.2) is 28.5 Å². The second kappa shape index (κ2) is 4.46. The Kier molecular flexibility index (Phi) is 3.14. The third-order valence-electron chi connectivity index (χ3n) is 2.58. The molecule has 0 aromatic heterocycles. The Morgan fingerprint density at radius 1 is 1.28 bits per heavy atom. The highest BCUT2D eigenvalue weighted by atomic mass is 32.2. The zero-order valence-electron chi connectivity index (χ0n) is 9.93. The van der Waals surface area contributed by atoms with Gasteiger partial charge in [-0.1, -0.05) is 6.07 Å². The highest BCUT2D eigenvalue weighted by molar-refractivity contribution is 7.83. The zero-order chi connectivity index (χ0) is 13.3. The van der Waals surface area contributed by atoms with Gasteiger partial charge in [0.1, 0.15) is 0 Å². The largest absolute Gasteiger partial charge is 0.493 e. The smallest absolute Gasteiger partial charge is 0.371 e. The van der Waals surface area contributed by atoms with Crippen molar-refractivity contribution in [1.82, 2.24) is 4.72 Å². The van der Waals surface area contributed by atoms with Gasteiger partial charge in [-0.15, -0.1) is 0 Å². The molecule has 1 aliphatic rings. The molecule has 0 saturated heterocycles. The van der Waals surface area contributed by atoms with Crippen molar-refractivity contribution in [2.24, 2.45) is 5.73 Å². The van der Waals surface area contributed by atoms with Gasteiger partial charge < -0.3 is 9.47 Å². The molecule has 0 spiro atoms. The summed E-state index contributed by atoms with van der Waals surface area (Å²) in [6.45, 7) is 0. The standard InChI is InChI=1S/C10H13N3O4S/c1-16-7-4-3-6(5-8(7)17-2)9-10(11)13-18(14,15)12-9/h3-5,9,12H,1-2H3,(H2,11,13)/p+1/t9-/m0/s1. The number of amidine groups is 1. The molecule has 0 unspecified atom stereocenters. The minimum absolute atomic E-state index is 0.127. The van der Waals surface area contributed by atoms with E-state index in [2.05, 4.69) is 9.12 Å². The fourth-order valence-electron chi connectivity index (χ4n) is 1.74. The molecule has 2 rings (SSSR count). The van der Waals surface area contributed by atoms with Crippen molar-refractivity contribution >= 4 is 16.0 Å². The first kappa shape index (κ1) is 12.7. The summed E-state index contributed by atoms with van der Waals surface area (Å²) in [4.78, 5) is 0. The van der Waals surface area contributed by atoms with Crippen LogP contribution in [0.3, 0.4) is 0 Å². The molecule has 0 bridgehead atoms. The molecule has 1 heterocycles. The SMILES string of the molecule is COc1ccc([C@@H]2NS(=O)(=O)[NH+]=C2N)cc1OC. The third-order valence-corrected chi connectivity index (χ3v) is 3.63. The first-order valence-electron chi connectivity index (χ1n) is 5.11. The highest BCUT2D eigenvalue weighted by Crippen LogP contribution is 2.30. The molecule has 4 N–H and O–H groups in total. The first-order chi connectivity index (χ1) is 8.46. The number of hydrogen-bond donors (Lipinski definition) is 3. The quantitative estimate of drug-likeness (QED) is 0.592. The lowest BCUT2D eigenvalue weighted by Crippen LogP contribution is -2.76.